The Morgan fingerprint density at radius 2 is 1.18 bits per heavy atom. The number of benzene rings is 2. The van der Waals surface area contributed by atoms with E-state index in [1.807, 2.05) is 64.1 Å². The van der Waals surface area contributed by atoms with Gasteiger partial charge in [0.15, 0.2) is 12.6 Å². The van der Waals surface area contributed by atoms with Gasteiger partial charge in [-0.15, -0.1) is 0 Å². The monoisotopic (exact) mass is 714 g/mol. The van der Waals surface area contributed by atoms with E-state index in [2.05, 4.69) is 25.9 Å². The molecule has 12 heteroatoms. The van der Waals surface area contributed by atoms with Crippen molar-refractivity contribution in [2.45, 2.75) is 46.3 Å². The van der Waals surface area contributed by atoms with Gasteiger partial charge in [-0.25, -0.2) is 9.97 Å². The van der Waals surface area contributed by atoms with Crippen molar-refractivity contribution in [2.24, 2.45) is 0 Å². The highest BCUT2D eigenvalue weighted by Gasteiger charge is 2.52. The van der Waals surface area contributed by atoms with Crippen molar-refractivity contribution >= 4 is 64.3 Å². The predicted octanol–water partition coefficient (Wildman–Crippen LogP) is 8.14. The molecule has 236 valence electrons. The van der Waals surface area contributed by atoms with Crippen LogP contribution >= 0.6 is 39.1 Å². The number of pyridine rings is 2. The van der Waals surface area contributed by atoms with E-state index in [1.165, 1.54) is 14.2 Å². The van der Waals surface area contributed by atoms with Crippen LogP contribution in [-0.4, -0.2) is 55.1 Å². The molecular formula is C33H34BBrCl2N2O6. The second kappa shape index (κ2) is 14.9. The van der Waals surface area contributed by atoms with Crippen molar-refractivity contribution in [2.75, 3.05) is 14.2 Å². The first-order chi connectivity index (χ1) is 20.9. The quantitative estimate of drug-likeness (QED) is 0.140. The number of nitrogens with zero attached hydrogens (tertiary/aromatic N) is 2. The smallest absolute Gasteiger partial charge is 0.480 e. The van der Waals surface area contributed by atoms with Crippen molar-refractivity contribution in [3.63, 3.8) is 0 Å². The average Bonchev–Trinajstić information content (AvgIpc) is 3.24. The molecule has 1 aliphatic rings. The SMILES string of the molecule is C.COc1nc(-c2cccc(B3OC(C)(C)C(C)(C)O3)c2Cl)ccc1C=O.COc1nc(-c2cccc(Br)c2Cl)ccc1C=O. The number of aldehydes is 2. The van der Waals surface area contributed by atoms with Gasteiger partial charge in [0.05, 0.1) is 53.0 Å². The highest BCUT2D eigenvalue weighted by molar-refractivity contribution is 9.10. The number of rotatable bonds is 7. The van der Waals surface area contributed by atoms with Gasteiger partial charge in [-0.05, 0) is 74.0 Å². The Balaban J connectivity index is 0.000000256. The van der Waals surface area contributed by atoms with Gasteiger partial charge in [-0.2, -0.15) is 0 Å². The third-order valence-electron chi connectivity index (χ3n) is 7.46. The molecule has 0 atom stereocenters. The second-order valence-electron chi connectivity index (χ2n) is 10.7. The molecule has 1 aliphatic heterocycles. The third-order valence-corrected chi connectivity index (χ3v) is 9.18. The molecule has 0 radical (unpaired) electrons. The Hall–Kier alpha value is -3.28. The maximum atomic E-state index is 11.1. The summed E-state index contributed by atoms with van der Waals surface area (Å²) in [7, 11) is 2.38. The van der Waals surface area contributed by atoms with Gasteiger partial charge in [0.25, 0.3) is 0 Å². The number of aromatic nitrogens is 2. The highest BCUT2D eigenvalue weighted by Crippen LogP contribution is 2.38. The summed E-state index contributed by atoms with van der Waals surface area (Å²) in [5.41, 5.74) is 3.38. The molecule has 0 spiro atoms. The molecule has 0 bridgehead atoms. The van der Waals surface area contributed by atoms with Crippen molar-refractivity contribution < 1.29 is 28.4 Å². The van der Waals surface area contributed by atoms with Gasteiger partial charge in [-0.1, -0.05) is 61.0 Å². The van der Waals surface area contributed by atoms with Crippen LogP contribution in [0, 0.1) is 0 Å². The molecule has 45 heavy (non-hydrogen) atoms. The first-order valence-corrected chi connectivity index (χ1v) is 15.0. The maximum absolute atomic E-state index is 11.1. The molecule has 3 heterocycles. The summed E-state index contributed by atoms with van der Waals surface area (Å²) in [6.07, 6.45) is 1.41. The van der Waals surface area contributed by atoms with Crippen LogP contribution in [-0.2, 0) is 9.31 Å². The Bertz CT molecular complexity index is 1690. The van der Waals surface area contributed by atoms with Gasteiger partial charge in [0.2, 0.25) is 11.8 Å². The van der Waals surface area contributed by atoms with E-state index in [0.717, 1.165) is 21.1 Å². The van der Waals surface area contributed by atoms with Crippen LogP contribution in [0.5, 0.6) is 11.8 Å². The van der Waals surface area contributed by atoms with Gasteiger partial charge in [-0.3, -0.25) is 9.59 Å². The minimum absolute atomic E-state index is 0. The number of hydrogen-bond donors (Lipinski definition) is 0. The fraction of sp³-hybridized carbons (Fsp3) is 0.273. The van der Waals surface area contributed by atoms with Crippen LogP contribution in [0.2, 0.25) is 10.0 Å². The van der Waals surface area contributed by atoms with E-state index in [9.17, 15) is 9.59 Å². The van der Waals surface area contributed by atoms with Gasteiger partial charge >= 0.3 is 7.12 Å². The van der Waals surface area contributed by atoms with E-state index in [-0.39, 0.29) is 13.3 Å². The molecule has 1 fully saturated rings. The largest absolute Gasteiger partial charge is 0.496 e. The number of halogens is 3. The van der Waals surface area contributed by atoms with Gasteiger partial charge in [0, 0.05) is 26.1 Å². The molecule has 5 rings (SSSR count). The molecule has 0 aliphatic carbocycles. The fourth-order valence-corrected chi connectivity index (χ4v) is 5.21. The minimum Gasteiger partial charge on any atom is -0.480 e. The molecule has 0 saturated carbocycles. The van der Waals surface area contributed by atoms with Crippen molar-refractivity contribution in [1.82, 2.24) is 9.97 Å². The van der Waals surface area contributed by atoms with Gasteiger partial charge < -0.3 is 18.8 Å². The molecular weight excluding hydrogens is 682 g/mol. The second-order valence-corrected chi connectivity index (χ2v) is 12.3. The lowest BCUT2D eigenvalue weighted by Gasteiger charge is -2.32. The summed E-state index contributed by atoms with van der Waals surface area (Å²) in [6.45, 7) is 7.98. The minimum atomic E-state index is -0.566. The Labute approximate surface area is 282 Å². The Morgan fingerprint density at radius 3 is 1.62 bits per heavy atom. The first kappa shape index (κ1) is 36.2. The summed E-state index contributed by atoms with van der Waals surface area (Å²) in [4.78, 5) is 30.5. The van der Waals surface area contributed by atoms with Crippen LogP contribution in [0.15, 0.2) is 65.1 Å². The topological polar surface area (TPSA) is 96.8 Å². The lowest BCUT2D eigenvalue weighted by molar-refractivity contribution is 0.00578. The lowest BCUT2D eigenvalue weighted by Crippen LogP contribution is -2.41. The van der Waals surface area contributed by atoms with Crippen LogP contribution < -0.4 is 14.9 Å². The lowest BCUT2D eigenvalue weighted by atomic mass is 9.78. The number of hydrogen-bond acceptors (Lipinski definition) is 8. The zero-order valence-electron chi connectivity index (χ0n) is 25.0. The van der Waals surface area contributed by atoms with E-state index in [1.54, 1.807) is 24.3 Å². The van der Waals surface area contributed by atoms with Crippen LogP contribution in [0.25, 0.3) is 22.5 Å². The molecule has 2 aromatic heterocycles. The van der Waals surface area contributed by atoms with Crippen molar-refractivity contribution in [3.8, 4) is 34.3 Å². The van der Waals surface area contributed by atoms with Crippen LogP contribution in [0.1, 0.15) is 55.8 Å². The molecule has 2 aromatic carbocycles. The Kier molecular flexibility index (Phi) is 12.0. The molecule has 0 amide bonds. The van der Waals surface area contributed by atoms with Crippen LogP contribution in [0.3, 0.4) is 0 Å². The summed E-state index contributed by atoms with van der Waals surface area (Å²) in [5.74, 6) is 0.549. The molecule has 8 nitrogen and oxygen atoms in total. The van der Waals surface area contributed by atoms with Crippen LogP contribution in [0.4, 0.5) is 0 Å². The molecule has 0 unspecified atom stereocenters. The standard InChI is InChI=1S/C19H21BClNO4.C13H9BrClNO2.CH4/c1-18(2)19(3,4)26-20(25-18)14-8-6-7-13(16(14)21)15-10-9-12(11-23)17(22-15)24-5;1-18-13-8(7-17)5-6-11(16-13)9-3-2-4-10(14)12(9)15;/h6-11H,1-5H3;2-7H,1H3;1H4. The molecule has 1 saturated heterocycles. The van der Waals surface area contributed by atoms with Gasteiger partial charge in [0.1, 0.15) is 0 Å². The van der Waals surface area contributed by atoms with E-state index in [4.69, 9.17) is 42.0 Å². The number of methoxy groups -OCH3 is 2. The number of carbonyl (C=O) groups is 2. The summed E-state index contributed by atoms with van der Waals surface area (Å²) in [5, 5.41) is 1.07. The number of ether oxygens (including phenoxy) is 2. The van der Waals surface area contributed by atoms with E-state index in [0.29, 0.717) is 51.0 Å². The number of carbonyl (C=O) groups excluding carboxylic acids is 2. The summed E-state index contributed by atoms with van der Waals surface area (Å²) >= 11 is 16.2. The predicted molar refractivity (Wildman–Crippen MR) is 183 cm³/mol. The zero-order chi connectivity index (χ0) is 32.2. The van der Waals surface area contributed by atoms with Crippen molar-refractivity contribution in [3.05, 3.63) is 86.3 Å². The van der Waals surface area contributed by atoms with E-state index >= 15 is 0 Å². The zero-order valence-corrected chi connectivity index (χ0v) is 28.1. The van der Waals surface area contributed by atoms with E-state index < -0.39 is 18.3 Å². The normalized spacial score (nSPS) is 14.5. The molecule has 0 N–H and O–H groups in total. The average molecular weight is 716 g/mol. The third kappa shape index (κ3) is 7.59. The molecule has 4 aromatic rings. The van der Waals surface area contributed by atoms with Crippen molar-refractivity contribution in [1.29, 1.82) is 0 Å². The maximum Gasteiger partial charge on any atom is 0.496 e. The highest BCUT2D eigenvalue weighted by atomic mass is 79.9. The summed E-state index contributed by atoms with van der Waals surface area (Å²) < 4.78 is 23.3. The first-order valence-electron chi connectivity index (χ1n) is 13.5. The fourth-order valence-electron chi connectivity index (χ4n) is 4.31. The Morgan fingerprint density at radius 1 is 0.733 bits per heavy atom. The summed E-state index contributed by atoms with van der Waals surface area (Å²) in [6, 6.07) is 18.0.